The zero-order valence-electron chi connectivity index (χ0n) is 21.6. The number of benzene rings is 2. The standard InChI is InChI=1S/C28H35IN2O7/c1-36-16-12-26(33)31(14-11-19-7-3-5-9-23(19)37-2)22-17-20(28(35)30-13-15-32)18-25(27(22)34)38-24-10-6-4-8-21(24)29/h3-10,18,22,25,27,32,34H,11-17H2,1-2H3,(H,30,35). The molecule has 0 fully saturated rings. The third-order valence-corrected chi connectivity index (χ3v) is 7.26. The Bertz CT molecular complexity index is 1110. The summed E-state index contributed by atoms with van der Waals surface area (Å²) in [5.74, 6) is 0.706. The van der Waals surface area contributed by atoms with Crippen LogP contribution in [0.1, 0.15) is 18.4 Å². The Balaban J connectivity index is 1.93. The lowest BCUT2D eigenvalue weighted by Crippen LogP contribution is -2.55. The highest BCUT2D eigenvalue weighted by atomic mass is 127. The third kappa shape index (κ3) is 7.92. The number of ether oxygens (including phenoxy) is 3. The molecule has 2 aromatic rings. The minimum Gasteiger partial charge on any atom is -0.496 e. The molecule has 1 aliphatic rings. The van der Waals surface area contributed by atoms with E-state index in [9.17, 15) is 19.8 Å². The number of hydrogen-bond donors (Lipinski definition) is 3. The van der Waals surface area contributed by atoms with Gasteiger partial charge in [0.25, 0.3) is 0 Å². The molecular weight excluding hydrogens is 603 g/mol. The Morgan fingerprint density at radius 3 is 2.50 bits per heavy atom. The topological polar surface area (TPSA) is 118 Å². The average Bonchev–Trinajstić information content (AvgIpc) is 2.93. The third-order valence-electron chi connectivity index (χ3n) is 6.37. The molecule has 0 bridgehead atoms. The highest BCUT2D eigenvalue weighted by molar-refractivity contribution is 14.1. The van der Waals surface area contributed by atoms with Crippen molar-refractivity contribution in [3.63, 3.8) is 0 Å². The molecular formula is C28H35IN2O7. The summed E-state index contributed by atoms with van der Waals surface area (Å²) in [5.41, 5.74) is 1.31. The van der Waals surface area contributed by atoms with Crippen molar-refractivity contribution in [2.24, 2.45) is 0 Å². The number of rotatable bonds is 13. The van der Waals surface area contributed by atoms with Crippen LogP contribution in [0.15, 0.2) is 60.2 Å². The lowest BCUT2D eigenvalue weighted by Gasteiger charge is -2.40. The van der Waals surface area contributed by atoms with E-state index in [4.69, 9.17) is 14.2 Å². The van der Waals surface area contributed by atoms with Gasteiger partial charge in [-0.1, -0.05) is 30.3 Å². The van der Waals surface area contributed by atoms with Gasteiger partial charge in [-0.25, -0.2) is 0 Å². The summed E-state index contributed by atoms with van der Waals surface area (Å²) < 4.78 is 17.6. The van der Waals surface area contributed by atoms with Crippen molar-refractivity contribution < 1.29 is 34.0 Å². The number of aliphatic hydroxyl groups is 2. The molecule has 3 rings (SSSR count). The summed E-state index contributed by atoms with van der Waals surface area (Å²) in [4.78, 5) is 28.0. The summed E-state index contributed by atoms with van der Waals surface area (Å²) in [7, 11) is 3.12. The molecule has 0 aromatic heterocycles. The lowest BCUT2D eigenvalue weighted by molar-refractivity contribution is -0.139. The highest BCUT2D eigenvalue weighted by Crippen LogP contribution is 2.30. The second kappa shape index (κ2) is 15.1. The molecule has 206 valence electrons. The van der Waals surface area contributed by atoms with E-state index in [0.29, 0.717) is 30.0 Å². The van der Waals surface area contributed by atoms with Gasteiger partial charge in [0.2, 0.25) is 11.8 Å². The van der Waals surface area contributed by atoms with Gasteiger partial charge in [-0.05, 0) is 58.9 Å². The van der Waals surface area contributed by atoms with Crippen molar-refractivity contribution in [2.45, 2.75) is 37.5 Å². The molecule has 1 aliphatic carbocycles. The molecule has 2 aromatic carbocycles. The van der Waals surface area contributed by atoms with E-state index < -0.39 is 18.2 Å². The van der Waals surface area contributed by atoms with Crippen LogP contribution in [0.5, 0.6) is 11.5 Å². The van der Waals surface area contributed by atoms with Crippen LogP contribution in [-0.4, -0.2) is 85.7 Å². The number of hydrogen-bond acceptors (Lipinski definition) is 7. The van der Waals surface area contributed by atoms with Crippen molar-refractivity contribution in [1.29, 1.82) is 0 Å². The zero-order valence-corrected chi connectivity index (χ0v) is 23.8. The largest absolute Gasteiger partial charge is 0.496 e. The maximum atomic E-state index is 13.4. The van der Waals surface area contributed by atoms with Gasteiger partial charge >= 0.3 is 0 Å². The van der Waals surface area contributed by atoms with Gasteiger partial charge in [0.15, 0.2) is 0 Å². The Hall–Kier alpha value is -2.67. The predicted octanol–water partition coefficient (Wildman–Crippen LogP) is 2.32. The quantitative estimate of drug-likeness (QED) is 0.289. The van der Waals surface area contributed by atoms with Crippen molar-refractivity contribution >= 4 is 34.4 Å². The van der Waals surface area contributed by atoms with Gasteiger partial charge < -0.3 is 34.6 Å². The SMILES string of the molecule is COCCC(=O)N(CCc1ccccc1OC)C1CC(C(=O)NCCO)=CC(Oc2ccccc2I)C1O. The minimum absolute atomic E-state index is 0.0930. The van der Waals surface area contributed by atoms with E-state index in [-0.39, 0.29) is 44.4 Å². The van der Waals surface area contributed by atoms with Crippen molar-refractivity contribution in [3.8, 4) is 11.5 Å². The Labute approximate surface area is 236 Å². The molecule has 0 spiro atoms. The fourth-order valence-electron chi connectivity index (χ4n) is 4.43. The molecule has 0 heterocycles. The van der Waals surface area contributed by atoms with Crippen LogP contribution in [0, 0.1) is 3.57 Å². The molecule has 0 saturated heterocycles. The van der Waals surface area contributed by atoms with E-state index in [1.54, 1.807) is 24.2 Å². The molecule has 38 heavy (non-hydrogen) atoms. The van der Waals surface area contributed by atoms with Crippen molar-refractivity contribution in [1.82, 2.24) is 10.2 Å². The number of aliphatic hydroxyl groups excluding tert-OH is 2. The first-order valence-electron chi connectivity index (χ1n) is 12.5. The summed E-state index contributed by atoms with van der Waals surface area (Å²) in [6.07, 6.45) is 0.394. The fraction of sp³-hybridized carbons (Fsp3) is 0.429. The molecule has 0 saturated carbocycles. The van der Waals surface area contributed by atoms with E-state index >= 15 is 0 Å². The molecule has 10 heteroatoms. The molecule has 0 aliphatic heterocycles. The summed E-state index contributed by atoms with van der Waals surface area (Å²) in [6.45, 7) is 0.421. The first kappa shape index (κ1) is 29.9. The number of nitrogens with one attached hydrogen (secondary N) is 1. The smallest absolute Gasteiger partial charge is 0.247 e. The van der Waals surface area contributed by atoms with Crippen LogP contribution in [-0.2, 0) is 20.7 Å². The average molecular weight is 638 g/mol. The minimum atomic E-state index is -1.09. The normalized spacial score (nSPS) is 18.9. The highest BCUT2D eigenvalue weighted by Gasteiger charge is 2.40. The summed E-state index contributed by atoms with van der Waals surface area (Å²) in [6, 6.07) is 14.2. The predicted molar refractivity (Wildman–Crippen MR) is 151 cm³/mol. The van der Waals surface area contributed by atoms with Crippen LogP contribution in [0.2, 0.25) is 0 Å². The molecule has 9 nitrogen and oxygen atoms in total. The van der Waals surface area contributed by atoms with Gasteiger partial charge in [0.1, 0.15) is 23.7 Å². The Kier molecular flexibility index (Phi) is 11.8. The summed E-state index contributed by atoms with van der Waals surface area (Å²) >= 11 is 2.15. The molecule has 0 radical (unpaired) electrons. The van der Waals surface area contributed by atoms with Crippen molar-refractivity contribution in [3.05, 3.63) is 69.3 Å². The molecule has 3 unspecified atom stereocenters. The zero-order chi connectivity index (χ0) is 27.5. The molecule has 3 N–H and O–H groups in total. The van der Waals surface area contributed by atoms with Crippen LogP contribution in [0.3, 0.4) is 0 Å². The van der Waals surface area contributed by atoms with Crippen LogP contribution in [0.4, 0.5) is 0 Å². The maximum Gasteiger partial charge on any atom is 0.247 e. The van der Waals surface area contributed by atoms with Crippen LogP contribution in [0.25, 0.3) is 0 Å². The number of halogens is 1. The lowest BCUT2D eigenvalue weighted by atomic mass is 9.87. The Morgan fingerprint density at radius 1 is 1.11 bits per heavy atom. The second-order valence-corrected chi connectivity index (χ2v) is 10.0. The van der Waals surface area contributed by atoms with E-state index in [1.165, 1.54) is 7.11 Å². The number of para-hydroxylation sites is 2. The fourth-order valence-corrected chi connectivity index (χ4v) is 4.94. The van der Waals surface area contributed by atoms with Gasteiger partial charge in [-0.3, -0.25) is 9.59 Å². The number of methoxy groups -OCH3 is 2. The van der Waals surface area contributed by atoms with E-state index in [2.05, 4.69) is 27.9 Å². The summed E-state index contributed by atoms with van der Waals surface area (Å²) in [5, 5.41) is 23.4. The van der Waals surface area contributed by atoms with E-state index in [0.717, 1.165) is 9.13 Å². The maximum absolute atomic E-state index is 13.4. The number of carbonyl (C=O) groups is 2. The first-order chi connectivity index (χ1) is 18.4. The van der Waals surface area contributed by atoms with E-state index in [1.807, 2.05) is 42.5 Å². The Morgan fingerprint density at radius 2 is 1.82 bits per heavy atom. The number of carbonyl (C=O) groups excluding carboxylic acids is 2. The molecule has 3 atom stereocenters. The van der Waals surface area contributed by atoms with Gasteiger partial charge in [-0.2, -0.15) is 0 Å². The number of amides is 2. The second-order valence-electron chi connectivity index (χ2n) is 8.84. The first-order valence-corrected chi connectivity index (χ1v) is 13.6. The van der Waals surface area contributed by atoms with Gasteiger partial charge in [0, 0.05) is 32.2 Å². The van der Waals surface area contributed by atoms with Crippen molar-refractivity contribution in [2.75, 3.05) is 40.5 Å². The van der Waals surface area contributed by atoms with Crippen LogP contribution >= 0.6 is 22.6 Å². The van der Waals surface area contributed by atoms with Gasteiger partial charge in [0.05, 0.1) is 36.4 Å². The molecule has 2 amide bonds. The van der Waals surface area contributed by atoms with Crippen LogP contribution < -0.4 is 14.8 Å². The monoisotopic (exact) mass is 638 g/mol. The number of nitrogens with zero attached hydrogens (tertiary/aromatic N) is 1. The van der Waals surface area contributed by atoms with Gasteiger partial charge in [-0.15, -0.1) is 0 Å².